The molecule has 1 unspecified atom stereocenters. The van der Waals surface area contributed by atoms with E-state index in [1.54, 1.807) is 11.0 Å². The summed E-state index contributed by atoms with van der Waals surface area (Å²) >= 11 is 0. The maximum atomic E-state index is 12.6. The number of carbonyl (C=O) groups is 1. The number of nitrogens with zero attached hydrogens (tertiary/aromatic N) is 1. The van der Waals surface area contributed by atoms with Gasteiger partial charge in [-0.3, -0.25) is 4.79 Å². The molecule has 1 saturated heterocycles. The second kappa shape index (κ2) is 6.56. The van der Waals surface area contributed by atoms with Crippen LogP contribution < -0.4 is 0 Å². The fourth-order valence-corrected chi connectivity index (χ4v) is 2.53. The number of amides is 1. The van der Waals surface area contributed by atoms with Gasteiger partial charge in [-0.2, -0.15) is 0 Å². The molecule has 1 aliphatic heterocycles. The van der Waals surface area contributed by atoms with Crippen molar-refractivity contribution in [3.8, 4) is 11.8 Å². The quantitative estimate of drug-likeness (QED) is 0.788. The summed E-state index contributed by atoms with van der Waals surface area (Å²) in [5.41, 5.74) is 2.19. The molecule has 0 aromatic heterocycles. The average molecular weight is 273 g/mol. The van der Waals surface area contributed by atoms with Crippen LogP contribution in [0.4, 0.5) is 0 Å². The van der Waals surface area contributed by atoms with Crippen molar-refractivity contribution in [2.75, 3.05) is 19.8 Å². The summed E-state index contributed by atoms with van der Waals surface area (Å²) in [6.07, 6.45) is 1.76. The van der Waals surface area contributed by atoms with Gasteiger partial charge in [0.2, 0.25) is 0 Å². The van der Waals surface area contributed by atoms with Crippen LogP contribution in [-0.4, -0.2) is 46.8 Å². The predicted molar refractivity (Wildman–Crippen MR) is 76.3 cm³/mol. The molecule has 1 aliphatic rings. The van der Waals surface area contributed by atoms with Gasteiger partial charge in [-0.15, -0.1) is 0 Å². The summed E-state index contributed by atoms with van der Waals surface area (Å²) in [6.45, 7) is 2.37. The van der Waals surface area contributed by atoms with E-state index >= 15 is 0 Å². The standard InChI is InChI=1S/C16H19NO3/c1-12-6-7-15(13(10-12)4-3-9-18)16(20)17-8-2-5-14(17)11-19/h6-7,10,14,18-19H,2,5,8-9,11H2,1H3. The van der Waals surface area contributed by atoms with Gasteiger partial charge < -0.3 is 15.1 Å². The van der Waals surface area contributed by atoms with E-state index in [0.29, 0.717) is 17.7 Å². The molecular formula is C16H19NO3. The Hall–Kier alpha value is -1.83. The Morgan fingerprint density at radius 2 is 2.25 bits per heavy atom. The molecular weight excluding hydrogens is 254 g/mol. The predicted octanol–water partition coefficient (Wildman–Crippen LogP) is 0.936. The third-order valence-electron chi connectivity index (χ3n) is 3.56. The van der Waals surface area contributed by atoms with Crippen molar-refractivity contribution in [1.29, 1.82) is 0 Å². The van der Waals surface area contributed by atoms with Crippen LogP contribution in [0.25, 0.3) is 0 Å². The first-order valence-electron chi connectivity index (χ1n) is 6.79. The Morgan fingerprint density at radius 1 is 1.45 bits per heavy atom. The van der Waals surface area contributed by atoms with E-state index in [1.807, 2.05) is 19.1 Å². The highest BCUT2D eigenvalue weighted by molar-refractivity contribution is 5.97. The molecule has 1 aromatic carbocycles. The third-order valence-corrected chi connectivity index (χ3v) is 3.56. The lowest BCUT2D eigenvalue weighted by molar-refractivity contribution is 0.0677. The molecule has 4 nitrogen and oxygen atoms in total. The van der Waals surface area contributed by atoms with Crippen LogP contribution in [0.2, 0.25) is 0 Å². The molecule has 1 atom stereocenters. The van der Waals surface area contributed by atoms with Crippen LogP contribution in [0.1, 0.15) is 34.3 Å². The van der Waals surface area contributed by atoms with Crippen molar-refractivity contribution in [3.05, 3.63) is 34.9 Å². The van der Waals surface area contributed by atoms with Gasteiger partial charge in [0.05, 0.1) is 18.2 Å². The number of hydrogen-bond acceptors (Lipinski definition) is 3. The number of likely N-dealkylation sites (tertiary alicyclic amines) is 1. The minimum atomic E-state index is -0.232. The molecule has 106 valence electrons. The van der Waals surface area contributed by atoms with E-state index in [0.717, 1.165) is 18.4 Å². The number of aliphatic hydroxyl groups is 2. The summed E-state index contributed by atoms with van der Waals surface area (Å²) in [7, 11) is 0. The van der Waals surface area contributed by atoms with Gasteiger partial charge >= 0.3 is 0 Å². The largest absolute Gasteiger partial charge is 0.394 e. The van der Waals surface area contributed by atoms with E-state index in [-0.39, 0.29) is 25.2 Å². The fourth-order valence-electron chi connectivity index (χ4n) is 2.53. The molecule has 2 rings (SSSR count). The maximum Gasteiger partial charge on any atom is 0.255 e. The van der Waals surface area contributed by atoms with Crippen LogP contribution >= 0.6 is 0 Å². The molecule has 1 aromatic rings. The molecule has 20 heavy (non-hydrogen) atoms. The number of aliphatic hydroxyl groups excluding tert-OH is 2. The van der Waals surface area contributed by atoms with Crippen LogP contribution in [0.3, 0.4) is 0 Å². The number of aryl methyl sites for hydroxylation is 1. The van der Waals surface area contributed by atoms with Gasteiger partial charge in [0.1, 0.15) is 6.61 Å². The molecule has 0 saturated carbocycles. The summed E-state index contributed by atoms with van der Waals surface area (Å²) in [4.78, 5) is 14.3. The summed E-state index contributed by atoms with van der Waals surface area (Å²) in [5, 5.41) is 18.1. The van der Waals surface area contributed by atoms with Crippen LogP contribution in [-0.2, 0) is 0 Å². The molecule has 0 bridgehead atoms. The Bertz CT molecular complexity index is 557. The second-order valence-corrected chi connectivity index (χ2v) is 4.99. The zero-order chi connectivity index (χ0) is 14.5. The van der Waals surface area contributed by atoms with Gasteiger partial charge in [0.15, 0.2) is 0 Å². The zero-order valence-corrected chi connectivity index (χ0v) is 11.6. The minimum absolute atomic E-state index is 0.00471. The highest BCUT2D eigenvalue weighted by Crippen LogP contribution is 2.21. The lowest BCUT2D eigenvalue weighted by Crippen LogP contribution is -2.38. The summed E-state index contributed by atoms with van der Waals surface area (Å²) in [5.74, 6) is 5.33. The molecule has 0 radical (unpaired) electrons. The minimum Gasteiger partial charge on any atom is -0.394 e. The van der Waals surface area contributed by atoms with Crippen LogP contribution in [0, 0.1) is 18.8 Å². The lowest BCUT2D eigenvalue weighted by Gasteiger charge is -2.23. The van der Waals surface area contributed by atoms with Crippen LogP contribution in [0.15, 0.2) is 18.2 Å². The molecule has 4 heteroatoms. The molecule has 0 spiro atoms. The Morgan fingerprint density at radius 3 is 2.95 bits per heavy atom. The van der Waals surface area contributed by atoms with Crippen molar-refractivity contribution >= 4 is 5.91 Å². The highest BCUT2D eigenvalue weighted by atomic mass is 16.3. The van der Waals surface area contributed by atoms with Gasteiger partial charge in [-0.05, 0) is 37.5 Å². The Kier molecular flexibility index (Phi) is 4.78. The first-order chi connectivity index (χ1) is 9.67. The molecule has 1 amide bonds. The number of hydrogen-bond donors (Lipinski definition) is 2. The Labute approximate surface area is 119 Å². The van der Waals surface area contributed by atoms with Crippen molar-refractivity contribution in [2.45, 2.75) is 25.8 Å². The molecule has 1 fully saturated rings. The summed E-state index contributed by atoms with van der Waals surface area (Å²) < 4.78 is 0. The highest BCUT2D eigenvalue weighted by Gasteiger charge is 2.29. The third kappa shape index (κ3) is 3.01. The van der Waals surface area contributed by atoms with Crippen LogP contribution in [0.5, 0.6) is 0 Å². The van der Waals surface area contributed by atoms with E-state index in [2.05, 4.69) is 11.8 Å². The zero-order valence-electron chi connectivity index (χ0n) is 11.6. The Balaban J connectivity index is 2.34. The van der Waals surface area contributed by atoms with Gasteiger partial charge in [0.25, 0.3) is 5.91 Å². The average Bonchev–Trinajstić information content (AvgIpc) is 2.93. The van der Waals surface area contributed by atoms with Gasteiger partial charge in [-0.1, -0.05) is 17.9 Å². The van der Waals surface area contributed by atoms with E-state index in [4.69, 9.17) is 5.11 Å². The molecule has 2 N–H and O–H groups in total. The number of carbonyl (C=O) groups excluding carboxylic acids is 1. The topological polar surface area (TPSA) is 60.8 Å². The summed E-state index contributed by atoms with van der Waals surface area (Å²) in [6, 6.07) is 5.40. The number of benzene rings is 1. The van der Waals surface area contributed by atoms with Crippen molar-refractivity contribution < 1.29 is 15.0 Å². The maximum absolute atomic E-state index is 12.6. The normalized spacial score (nSPS) is 17.8. The van der Waals surface area contributed by atoms with E-state index in [9.17, 15) is 9.90 Å². The first kappa shape index (κ1) is 14.6. The SMILES string of the molecule is Cc1ccc(C(=O)N2CCCC2CO)c(C#CCO)c1. The molecule has 1 heterocycles. The van der Waals surface area contributed by atoms with Gasteiger partial charge in [0, 0.05) is 12.1 Å². The van der Waals surface area contributed by atoms with Crippen molar-refractivity contribution in [2.24, 2.45) is 0 Å². The van der Waals surface area contributed by atoms with Crippen molar-refractivity contribution in [3.63, 3.8) is 0 Å². The first-order valence-corrected chi connectivity index (χ1v) is 6.79. The lowest BCUT2D eigenvalue weighted by atomic mass is 10.0. The smallest absolute Gasteiger partial charge is 0.255 e. The van der Waals surface area contributed by atoms with E-state index in [1.165, 1.54) is 0 Å². The number of rotatable bonds is 2. The monoisotopic (exact) mass is 273 g/mol. The molecule has 0 aliphatic carbocycles. The fraction of sp³-hybridized carbons (Fsp3) is 0.438. The second-order valence-electron chi connectivity index (χ2n) is 4.99. The van der Waals surface area contributed by atoms with Crippen molar-refractivity contribution in [1.82, 2.24) is 4.90 Å². The van der Waals surface area contributed by atoms with Gasteiger partial charge in [-0.25, -0.2) is 0 Å². The van der Waals surface area contributed by atoms with E-state index < -0.39 is 0 Å².